The Morgan fingerprint density at radius 2 is 1.19 bits per heavy atom. The summed E-state index contributed by atoms with van der Waals surface area (Å²) in [6.07, 6.45) is 17.5. The van der Waals surface area contributed by atoms with Crippen molar-refractivity contribution in [2.24, 2.45) is 0 Å². The first kappa shape index (κ1) is 30.5. The van der Waals surface area contributed by atoms with Gasteiger partial charge in [0.2, 0.25) is 6.10 Å². The quantitative estimate of drug-likeness (QED) is 0.104. The summed E-state index contributed by atoms with van der Waals surface area (Å²) >= 11 is 0. The molecule has 1 saturated heterocycles. The van der Waals surface area contributed by atoms with Gasteiger partial charge in [-0.05, 0) is 6.42 Å². The van der Waals surface area contributed by atoms with E-state index in [0.29, 0.717) is 17.0 Å². The molecule has 7 heteroatoms. The Kier molecular flexibility index (Phi) is 15.3. The van der Waals surface area contributed by atoms with Crippen molar-refractivity contribution in [1.82, 2.24) is 5.06 Å². The Hall–Kier alpha value is -2.70. The third kappa shape index (κ3) is 12.4. The van der Waals surface area contributed by atoms with E-state index in [2.05, 4.69) is 6.92 Å². The molecule has 2 amide bonds. The van der Waals surface area contributed by atoms with Crippen molar-refractivity contribution in [3.8, 4) is 0 Å². The summed E-state index contributed by atoms with van der Waals surface area (Å²) in [5.41, 5.74) is 0.427. The third-order valence-electron chi connectivity index (χ3n) is 6.74. The number of hydroxylamine groups is 2. The van der Waals surface area contributed by atoms with Crippen LogP contribution in [0.3, 0.4) is 0 Å². The highest BCUT2D eigenvalue weighted by molar-refractivity contribution is 6.01. The summed E-state index contributed by atoms with van der Waals surface area (Å²) < 4.78 is 5.44. The van der Waals surface area contributed by atoms with Crippen molar-refractivity contribution in [3.05, 3.63) is 35.9 Å². The molecular weight excluding hydrogens is 470 g/mol. The molecule has 0 spiro atoms. The monoisotopic (exact) mass is 515 g/mol. The number of hydrogen-bond acceptors (Lipinski definition) is 6. The van der Waals surface area contributed by atoms with Gasteiger partial charge in [0.25, 0.3) is 11.8 Å². The van der Waals surface area contributed by atoms with Crippen LogP contribution in [0.25, 0.3) is 0 Å². The van der Waals surface area contributed by atoms with Crippen molar-refractivity contribution in [2.75, 3.05) is 0 Å². The first-order chi connectivity index (χ1) is 18.0. The Morgan fingerprint density at radius 3 is 1.68 bits per heavy atom. The van der Waals surface area contributed by atoms with Crippen LogP contribution in [0.2, 0.25) is 0 Å². The summed E-state index contributed by atoms with van der Waals surface area (Å²) in [7, 11) is 0. The second kappa shape index (κ2) is 18.5. The number of rotatable bonds is 20. The number of esters is 1. The molecule has 0 N–H and O–H groups in total. The number of benzene rings is 1. The van der Waals surface area contributed by atoms with Gasteiger partial charge in [-0.25, -0.2) is 4.79 Å². The van der Waals surface area contributed by atoms with E-state index >= 15 is 0 Å². The van der Waals surface area contributed by atoms with Crippen LogP contribution in [-0.2, 0) is 28.8 Å². The molecular formula is C30H45NO6. The van der Waals surface area contributed by atoms with E-state index in [0.717, 1.165) is 12.8 Å². The summed E-state index contributed by atoms with van der Waals surface area (Å²) in [6, 6.07) is 8.48. The van der Waals surface area contributed by atoms with Crippen LogP contribution in [0.5, 0.6) is 0 Å². The summed E-state index contributed by atoms with van der Waals surface area (Å²) in [5.74, 6) is -2.61. The van der Waals surface area contributed by atoms with E-state index in [1.54, 1.807) is 30.3 Å². The van der Waals surface area contributed by atoms with Crippen LogP contribution in [0.1, 0.15) is 134 Å². The maximum atomic E-state index is 12.7. The number of carbonyl (C=O) groups excluding carboxylic acids is 4. The highest BCUT2D eigenvalue weighted by atomic mass is 16.7. The highest BCUT2D eigenvalue weighted by Gasteiger charge is 2.36. The van der Waals surface area contributed by atoms with E-state index in [1.165, 1.54) is 77.0 Å². The number of carbonyl (C=O) groups is 4. The maximum absolute atomic E-state index is 12.7. The van der Waals surface area contributed by atoms with Crippen molar-refractivity contribution < 1.29 is 28.8 Å². The fourth-order valence-corrected chi connectivity index (χ4v) is 4.51. The molecule has 0 bridgehead atoms. The lowest BCUT2D eigenvalue weighted by Gasteiger charge is -2.19. The molecule has 37 heavy (non-hydrogen) atoms. The van der Waals surface area contributed by atoms with Gasteiger partial charge in [-0.1, -0.05) is 127 Å². The molecule has 1 heterocycles. The summed E-state index contributed by atoms with van der Waals surface area (Å²) in [5, 5.41) is 0.473. The van der Waals surface area contributed by atoms with E-state index in [9.17, 15) is 19.2 Å². The van der Waals surface area contributed by atoms with Crippen LogP contribution in [0.15, 0.2) is 30.3 Å². The zero-order valence-electron chi connectivity index (χ0n) is 22.6. The average molecular weight is 516 g/mol. The van der Waals surface area contributed by atoms with Gasteiger partial charge in [0.05, 0.1) is 0 Å². The Balaban J connectivity index is 1.59. The smallest absolute Gasteiger partial charge is 0.378 e. The summed E-state index contributed by atoms with van der Waals surface area (Å²) in [6.45, 7) is 2.25. The largest absolute Gasteiger partial charge is 0.445 e. The summed E-state index contributed by atoms with van der Waals surface area (Å²) in [4.78, 5) is 53.7. The number of ether oxygens (including phenoxy) is 1. The molecule has 0 aromatic heterocycles. The lowest BCUT2D eigenvalue weighted by Crippen LogP contribution is -2.35. The van der Waals surface area contributed by atoms with Crippen LogP contribution in [0.4, 0.5) is 0 Å². The fraction of sp³-hybridized carbons (Fsp3) is 0.667. The van der Waals surface area contributed by atoms with Gasteiger partial charge in [0.15, 0.2) is 0 Å². The van der Waals surface area contributed by atoms with Crippen molar-refractivity contribution in [2.45, 2.75) is 129 Å². The molecule has 0 unspecified atom stereocenters. The minimum atomic E-state index is -1.33. The normalized spacial score (nSPS) is 14.1. The number of unbranched alkanes of at least 4 members (excludes halogenated alkanes) is 14. The predicted molar refractivity (Wildman–Crippen MR) is 142 cm³/mol. The van der Waals surface area contributed by atoms with Crippen LogP contribution < -0.4 is 0 Å². The molecule has 1 fully saturated rings. The lowest BCUT2D eigenvalue weighted by atomic mass is 10.0. The van der Waals surface area contributed by atoms with E-state index in [-0.39, 0.29) is 19.3 Å². The van der Waals surface area contributed by atoms with Crippen LogP contribution in [0, 0.1) is 0 Å². The highest BCUT2D eigenvalue weighted by Crippen LogP contribution is 2.23. The molecule has 0 radical (unpaired) electrons. The zero-order valence-corrected chi connectivity index (χ0v) is 22.6. The SMILES string of the molecule is CCCCCCCCCCCCCCCCCC(=O)O[C@H](C(=O)ON1C(=O)CCC1=O)c1ccccc1. The lowest BCUT2D eigenvalue weighted by molar-refractivity contribution is -0.206. The van der Waals surface area contributed by atoms with Crippen molar-refractivity contribution in [3.63, 3.8) is 0 Å². The minimum Gasteiger partial charge on any atom is -0.445 e. The van der Waals surface area contributed by atoms with Gasteiger partial charge >= 0.3 is 11.9 Å². The first-order valence-electron chi connectivity index (χ1n) is 14.3. The van der Waals surface area contributed by atoms with E-state index < -0.39 is 29.9 Å². The molecule has 1 aromatic carbocycles. The molecule has 1 aliphatic heterocycles. The molecule has 206 valence electrons. The second-order valence-electron chi connectivity index (χ2n) is 9.97. The van der Waals surface area contributed by atoms with Gasteiger partial charge in [-0.2, -0.15) is 0 Å². The average Bonchev–Trinajstić information content (AvgIpc) is 3.22. The van der Waals surface area contributed by atoms with Gasteiger partial charge < -0.3 is 9.57 Å². The maximum Gasteiger partial charge on any atom is 0.378 e. The van der Waals surface area contributed by atoms with Gasteiger partial charge in [-0.3, -0.25) is 14.4 Å². The Morgan fingerprint density at radius 1 is 0.730 bits per heavy atom. The first-order valence-corrected chi connectivity index (χ1v) is 14.3. The number of hydrogen-bond donors (Lipinski definition) is 0. The molecule has 1 atom stereocenters. The Bertz CT molecular complexity index is 809. The second-order valence-corrected chi connectivity index (χ2v) is 9.97. The minimum absolute atomic E-state index is 0.00109. The molecule has 7 nitrogen and oxygen atoms in total. The molecule has 0 aliphatic carbocycles. The Labute approximate surface area is 222 Å². The van der Waals surface area contributed by atoms with Crippen molar-refractivity contribution in [1.29, 1.82) is 0 Å². The van der Waals surface area contributed by atoms with E-state index in [4.69, 9.17) is 9.57 Å². The molecule has 2 rings (SSSR count). The van der Waals surface area contributed by atoms with Crippen LogP contribution >= 0.6 is 0 Å². The van der Waals surface area contributed by atoms with Gasteiger partial charge in [0.1, 0.15) is 0 Å². The molecule has 0 saturated carbocycles. The van der Waals surface area contributed by atoms with Crippen molar-refractivity contribution >= 4 is 23.8 Å². The van der Waals surface area contributed by atoms with E-state index in [1.807, 2.05) is 0 Å². The number of amides is 2. The molecule has 1 aromatic rings. The predicted octanol–water partition coefficient (Wildman–Crippen LogP) is 7.14. The van der Waals surface area contributed by atoms with Gasteiger partial charge in [-0.15, -0.1) is 5.06 Å². The fourth-order valence-electron chi connectivity index (χ4n) is 4.51. The van der Waals surface area contributed by atoms with Gasteiger partial charge in [0, 0.05) is 24.8 Å². The number of imide groups is 1. The number of nitrogens with zero attached hydrogens (tertiary/aromatic N) is 1. The van der Waals surface area contributed by atoms with Crippen LogP contribution in [-0.4, -0.2) is 28.8 Å². The topological polar surface area (TPSA) is 90.0 Å². The third-order valence-corrected chi connectivity index (χ3v) is 6.74. The molecule has 1 aliphatic rings. The zero-order chi connectivity index (χ0) is 26.7. The standard InChI is InChI=1S/C30H45NO6/c1-2-3-4-5-6-7-8-9-10-11-12-13-14-15-19-22-28(34)36-29(25-20-17-16-18-21-25)30(35)37-31-26(32)23-24-27(31)33/h16-18,20-21,29H,2-15,19,22-24H2,1H3/t29-/m0/s1.